The topological polar surface area (TPSA) is 29.0 Å². The van der Waals surface area contributed by atoms with Crippen molar-refractivity contribution in [1.82, 2.24) is 9.97 Å². The Morgan fingerprint density at radius 2 is 1.86 bits per heavy atom. The maximum atomic E-state index is 4.61. The number of nitrogens with zero attached hydrogens (tertiary/aromatic N) is 3. The predicted molar refractivity (Wildman–Crippen MR) is 93.8 cm³/mol. The molecule has 0 N–H and O–H groups in total. The van der Waals surface area contributed by atoms with Crippen molar-refractivity contribution in [2.75, 3.05) is 18.0 Å². The molecule has 0 aliphatic carbocycles. The molecule has 0 amide bonds. The summed E-state index contributed by atoms with van der Waals surface area (Å²) in [5.41, 5.74) is 5.20. The van der Waals surface area contributed by atoms with Crippen LogP contribution in [0.4, 0.5) is 5.82 Å². The first kappa shape index (κ1) is 13.7. The molecule has 4 rings (SSSR count). The largest absolute Gasteiger partial charge is 0.356 e. The molecule has 3 aromatic rings. The van der Waals surface area contributed by atoms with Gasteiger partial charge in [-0.05, 0) is 43.4 Å². The van der Waals surface area contributed by atoms with Crippen LogP contribution in [0.15, 0.2) is 29.9 Å². The van der Waals surface area contributed by atoms with Gasteiger partial charge in [0, 0.05) is 24.0 Å². The Morgan fingerprint density at radius 1 is 1.05 bits per heavy atom. The Morgan fingerprint density at radius 3 is 2.64 bits per heavy atom. The molecule has 1 aliphatic rings. The van der Waals surface area contributed by atoms with Crippen LogP contribution < -0.4 is 4.90 Å². The summed E-state index contributed by atoms with van der Waals surface area (Å²) in [4.78, 5) is 12.6. The summed E-state index contributed by atoms with van der Waals surface area (Å²) in [6.45, 7) is 6.54. The van der Waals surface area contributed by atoms with E-state index in [9.17, 15) is 0 Å². The average molecular weight is 309 g/mol. The fourth-order valence-electron chi connectivity index (χ4n) is 3.15. The van der Waals surface area contributed by atoms with Crippen LogP contribution in [0, 0.1) is 13.8 Å². The maximum absolute atomic E-state index is 4.61. The number of hydrogen-bond donors (Lipinski definition) is 0. The third-order valence-electron chi connectivity index (χ3n) is 4.57. The van der Waals surface area contributed by atoms with E-state index in [2.05, 4.69) is 52.3 Å². The van der Waals surface area contributed by atoms with Crippen molar-refractivity contribution in [2.24, 2.45) is 0 Å². The van der Waals surface area contributed by atoms with Crippen LogP contribution in [-0.2, 0) is 0 Å². The summed E-state index contributed by atoms with van der Waals surface area (Å²) in [7, 11) is 0. The van der Waals surface area contributed by atoms with E-state index in [-0.39, 0.29) is 0 Å². The van der Waals surface area contributed by atoms with E-state index in [1.807, 2.05) is 0 Å². The molecule has 3 nitrogen and oxygen atoms in total. The van der Waals surface area contributed by atoms with Gasteiger partial charge in [-0.2, -0.15) is 0 Å². The van der Waals surface area contributed by atoms with E-state index in [1.54, 1.807) is 17.7 Å². The summed E-state index contributed by atoms with van der Waals surface area (Å²) in [5.74, 6) is 1.11. The normalized spacial score (nSPS) is 14.9. The first-order chi connectivity index (χ1) is 10.7. The first-order valence-electron chi connectivity index (χ1n) is 7.79. The Kier molecular flexibility index (Phi) is 3.34. The lowest BCUT2D eigenvalue weighted by atomic mass is 10.0. The lowest BCUT2D eigenvalue weighted by Crippen LogP contribution is -2.19. The Bertz CT molecular complexity index is 831. The molecule has 2 aromatic heterocycles. The minimum atomic E-state index is 1.09. The molecular formula is C18H19N3S. The molecule has 1 saturated heterocycles. The maximum Gasteiger partial charge on any atom is 0.141 e. The fourth-order valence-corrected chi connectivity index (χ4v) is 4.06. The molecule has 0 bridgehead atoms. The highest BCUT2D eigenvalue weighted by Crippen LogP contribution is 2.39. The summed E-state index contributed by atoms with van der Waals surface area (Å²) in [6, 6.07) is 6.69. The Hall–Kier alpha value is -1.94. The Labute approximate surface area is 134 Å². The van der Waals surface area contributed by atoms with Crippen LogP contribution >= 0.6 is 11.3 Å². The molecule has 0 saturated carbocycles. The zero-order chi connectivity index (χ0) is 15.1. The van der Waals surface area contributed by atoms with E-state index in [0.717, 1.165) is 23.7 Å². The molecular weight excluding hydrogens is 290 g/mol. The number of aromatic nitrogens is 2. The SMILES string of the molecule is Cc1ccc(-c2csc3ncnc(N4CCCC4)c23)cc1C. The number of aryl methyl sites for hydroxylation is 2. The van der Waals surface area contributed by atoms with E-state index in [4.69, 9.17) is 0 Å². The minimum absolute atomic E-state index is 1.09. The van der Waals surface area contributed by atoms with Crippen molar-refractivity contribution >= 4 is 27.4 Å². The van der Waals surface area contributed by atoms with Gasteiger partial charge < -0.3 is 4.90 Å². The second-order valence-corrected chi connectivity index (χ2v) is 6.88. The summed E-state index contributed by atoms with van der Waals surface area (Å²) < 4.78 is 0. The predicted octanol–water partition coefficient (Wildman–Crippen LogP) is 4.58. The molecule has 1 aliphatic heterocycles. The molecule has 4 heteroatoms. The van der Waals surface area contributed by atoms with Crippen LogP contribution in [0.2, 0.25) is 0 Å². The van der Waals surface area contributed by atoms with E-state index < -0.39 is 0 Å². The number of benzene rings is 1. The van der Waals surface area contributed by atoms with Gasteiger partial charge in [-0.25, -0.2) is 9.97 Å². The standard InChI is InChI=1S/C18H19N3S/c1-12-5-6-14(9-13(12)2)15-10-22-18-16(15)17(19-11-20-18)21-7-3-4-8-21/h5-6,9-11H,3-4,7-8H2,1-2H3. The number of hydrogen-bond acceptors (Lipinski definition) is 4. The van der Waals surface area contributed by atoms with E-state index in [1.165, 1.54) is 40.5 Å². The third-order valence-corrected chi connectivity index (χ3v) is 5.46. The summed E-state index contributed by atoms with van der Waals surface area (Å²) in [5, 5.41) is 3.45. The second-order valence-electron chi connectivity index (χ2n) is 6.02. The summed E-state index contributed by atoms with van der Waals surface area (Å²) in [6.07, 6.45) is 4.22. The monoisotopic (exact) mass is 309 g/mol. The van der Waals surface area contributed by atoms with Crippen molar-refractivity contribution in [3.05, 3.63) is 41.0 Å². The Balaban J connectivity index is 1.92. The van der Waals surface area contributed by atoms with Crippen molar-refractivity contribution in [3.8, 4) is 11.1 Å². The molecule has 22 heavy (non-hydrogen) atoms. The van der Waals surface area contributed by atoms with Gasteiger partial charge in [0.25, 0.3) is 0 Å². The number of rotatable bonds is 2. The van der Waals surface area contributed by atoms with E-state index in [0.29, 0.717) is 0 Å². The van der Waals surface area contributed by atoms with Crippen LogP contribution in [0.3, 0.4) is 0 Å². The lowest BCUT2D eigenvalue weighted by molar-refractivity contribution is 0.940. The lowest BCUT2D eigenvalue weighted by Gasteiger charge is -2.17. The van der Waals surface area contributed by atoms with Gasteiger partial charge in [-0.3, -0.25) is 0 Å². The molecule has 112 valence electrons. The smallest absolute Gasteiger partial charge is 0.141 e. The van der Waals surface area contributed by atoms with Gasteiger partial charge in [-0.15, -0.1) is 11.3 Å². The van der Waals surface area contributed by atoms with Gasteiger partial charge in [-0.1, -0.05) is 18.2 Å². The highest BCUT2D eigenvalue weighted by Gasteiger charge is 2.20. The van der Waals surface area contributed by atoms with Gasteiger partial charge >= 0.3 is 0 Å². The van der Waals surface area contributed by atoms with Crippen molar-refractivity contribution in [2.45, 2.75) is 26.7 Å². The fraction of sp³-hybridized carbons (Fsp3) is 0.333. The second kappa shape index (κ2) is 5.36. The van der Waals surface area contributed by atoms with Crippen LogP contribution in [0.5, 0.6) is 0 Å². The average Bonchev–Trinajstić information content (AvgIpc) is 3.18. The zero-order valence-corrected chi connectivity index (χ0v) is 13.8. The molecule has 1 fully saturated rings. The van der Waals surface area contributed by atoms with Crippen LogP contribution in [0.25, 0.3) is 21.3 Å². The molecule has 1 aromatic carbocycles. The molecule has 3 heterocycles. The summed E-state index contributed by atoms with van der Waals surface area (Å²) >= 11 is 1.71. The van der Waals surface area contributed by atoms with Gasteiger partial charge in [0.05, 0.1) is 5.39 Å². The van der Waals surface area contributed by atoms with Gasteiger partial charge in [0.1, 0.15) is 17.0 Å². The highest BCUT2D eigenvalue weighted by molar-refractivity contribution is 7.17. The van der Waals surface area contributed by atoms with Crippen molar-refractivity contribution in [3.63, 3.8) is 0 Å². The van der Waals surface area contributed by atoms with E-state index >= 15 is 0 Å². The van der Waals surface area contributed by atoms with Gasteiger partial charge in [0.2, 0.25) is 0 Å². The zero-order valence-electron chi connectivity index (χ0n) is 13.0. The number of fused-ring (bicyclic) bond motifs is 1. The molecule has 0 spiro atoms. The third kappa shape index (κ3) is 2.18. The van der Waals surface area contributed by atoms with Crippen molar-refractivity contribution < 1.29 is 0 Å². The van der Waals surface area contributed by atoms with Crippen molar-refractivity contribution in [1.29, 1.82) is 0 Å². The molecule has 0 unspecified atom stereocenters. The van der Waals surface area contributed by atoms with Crippen LogP contribution in [-0.4, -0.2) is 23.1 Å². The quantitative estimate of drug-likeness (QED) is 0.694. The molecule has 0 atom stereocenters. The van der Waals surface area contributed by atoms with Crippen LogP contribution in [0.1, 0.15) is 24.0 Å². The minimum Gasteiger partial charge on any atom is -0.356 e. The molecule has 0 radical (unpaired) electrons. The number of anilines is 1. The van der Waals surface area contributed by atoms with Gasteiger partial charge in [0.15, 0.2) is 0 Å². The first-order valence-corrected chi connectivity index (χ1v) is 8.67. The highest BCUT2D eigenvalue weighted by atomic mass is 32.1. The number of thiophene rings is 1.